The van der Waals surface area contributed by atoms with E-state index in [2.05, 4.69) is 38.3 Å². The van der Waals surface area contributed by atoms with Gasteiger partial charge in [-0.2, -0.15) is 0 Å². The van der Waals surface area contributed by atoms with Gasteiger partial charge in [-0.3, -0.25) is 0 Å². The van der Waals surface area contributed by atoms with E-state index < -0.39 is 0 Å². The fourth-order valence-electron chi connectivity index (χ4n) is 0.852. The molecule has 1 rings (SSSR count). The normalized spacial score (nSPS) is 9.90. The number of hydrogen-bond donors (Lipinski definition) is 0. The zero-order chi connectivity index (χ0) is 7.56. The summed E-state index contributed by atoms with van der Waals surface area (Å²) >= 11 is 1.75. The lowest BCUT2D eigenvalue weighted by Gasteiger charge is -2.01. The molecular weight excluding hydrogens is 140 g/mol. The van der Waals surface area contributed by atoms with E-state index in [1.165, 1.54) is 10.5 Å². The summed E-state index contributed by atoms with van der Waals surface area (Å²) < 4.78 is 0. The highest BCUT2D eigenvalue weighted by molar-refractivity contribution is 7.98. The van der Waals surface area contributed by atoms with Crippen molar-refractivity contribution in [2.45, 2.75) is 11.8 Å². The Hall–Kier alpha value is -0.430. The molecule has 0 atom stereocenters. The van der Waals surface area contributed by atoms with Gasteiger partial charge in [0.2, 0.25) is 0 Å². The van der Waals surface area contributed by atoms with Crippen LogP contribution in [0.15, 0.2) is 23.1 Å². The van der Waals surface area contributed by atoms with Crippen LogP contribution in [0.3, 0.4) is 0 Å². The van der Waals surface area contributed by atoms with Gasteiger partial charge in [-0.05, 0) is 31.7 Å². The van der Waals surface area contributed by atoms with Gasteiger partial charge in [0.25, 0.3) is 0 Å². The van der Waals surface area contributed by atoms with Gasteiger partial charge in [0.15, 0.2) is 0 Å². The molecule has 0 saturated heterocycles. The molecule has 0 N–H and O–H groups in total. The monoisotopic (exact) mass is 151 g/mol. The van der Waals surface area contributed by atoms with Crippen LogP contribution in [-0.4, -0.2) is 6.26 Å². The van der Waals surface area contributed by atoms with Gasteiger partial charge < -0.3 is 0 Å². The van der Waals surface area contributed by atoms with Crippen LogP contribution in [0.2, 0.25) is 0 Å². The molecule has 0 unspecified atom stereocenters. The van der Waals surface area contributed by atoms with Gasteiger partial charge in [-0.25, -0.2) is 0 Å². The highest BCUT2D eigenvalue weighted by atomic mass is 32.2. The van der Waals surface area contributed by atoms with Gasteiger partial charge in [-0.1, -0.05) is 17.7 Å². The number of thioether (sulfide) groups is 1. The molecule has 0 aliphatic rings. The number of hydrogen-bond acceptors (Lipinski definition) is 1. The van der Waals surface area contributed by atoms with Crippen LogP contribution in [-0.2, 0) is 0 Å². The molecule has 10 heavy (non-hydrogen) atoms. The molecule has 0 fully saturated rings. The van der Waals surface area contributed by atoms with E-state index in [4.69, 9.17) is 0 Å². The molecule has 1 radical (unpaired) electrons. The summed E-state index contributed by atoms with van der Waals surface area (Å²) in [5.41, 5.74) is 2.43. The molecule has 0 spiro atoms. The van der Waals surface area contributed by atoms with Crippen LogP contribution in [0.4, 0.5) is 0 Å². The number of aryl methyl sites for hydroxylation is 1. The summed E-state index contributed by atoms with van der Waals surface area (Å²) in [5, 5.41) is 0. The van der Waals surface area contributed by atoms with Crippen molar-refractivity contribution < 1.29 is 0 Å². The Labute approximate surface area is 66.6 Å². The van der Waals surface area contributed by atoms with Crippen molar-refractivity contribution >= 4 is 11.8 Å². The lowest BCUT2D eigenvalue weighted by Crippen LogP contribution is -1.79. The maximum Gasteiger partial charge on any atom is 0.0104 e. The fourth-order valence-corrected chi connectivity index (χ4v) is 1.49. The molecule has 1 aromatic carbocycles. The van der Waals surface area contributed by atoms with Gasteiger partial charge in [0.1, 0.15) is 0 Å². The van der Waals surface area contributed by atoms with E-state index in [0.717, 1.165) is 5.56 Å². The SMILES string of the molecule is [CH2]c1ccc(C)cc1SC. The maximum atomic E-state index is 3.91. The summed E-state index contributed by atoms with van der Waals surface area (Å²) in [4.78, 5) is 1.28. The minimum atomic E-state index is 1.12. The quantitative estimate of drug-likeness (QED) is 0.556. The second kappa shape index (κ2) is 3.11. The third-order valence-corrected chi connectivity index (χ3v) is 2.26. The molecule has 0 heterocycles. The predicted molar refractivity (Wildman–Crippen MR) is 47.4 cm³/mol. The number of benzene rings is 1. The molecule has 0 aromatic heterocycles. The Bertz CT molecular complexity index is 228. The first-order chi connectivity index (χ1) is 4.74. The van der Waals surface area contributed by atoms with Gasteiger partial charge >= 0.3 is 0 Å². The van der Waals surface area contributed by atoms with E-state index in [9.17, 15) is 0 Å². The van der Waals surface area contributed by atoms with Gasteiger partial charge in [0, 0.05) is 4.90 Å². The molecule has 0 amide bonds. The van der Waals surface area contributed by atoms with Crippen LogP contribution in [0, 0.1) is 13.8 Å². The van der Waals surface area contributed by atoms with E-state index in [-0.39, 0.29) is 0 Å². The molecular formula is C9H11S. The van der Waals surface area contributed by atoms with Gasteiger partial charge in [0.05, 0.1) is 0 Å². The van der Waals surface area contributed by atoms with Crippen LogP contribution < -0.4 is 0 Å². The molecule has 0 saturated carbocycles. The lowest BCUT2D eigenvalue weighted by atomic mass is 10.2. The predicted octanol–water partition coefficient (Wildman–Crippen LogP) is 2.90. The zero-order valence-electron chi connectivity index (χ0n) is 6.35. The minimum Gasteiger partial charge on any atom is -0.129 e. The Balaban J connectivity index is 3.09. The largest absolute Gasteiger partial charge is 0.129 e. The molecule has 0 nitrogen and oxygen atoms in total. The molecule has 1 aromatic rings. The van der Waals surface area contributed by atoms with Crippen LogP contribution in [0.5, 0.6) is 0 Å². The first-order valence-electron chi connectivity index (χ1n) is 3.20. The lowest BCUT2D eigenvalue weighted by molar-refractivity contribution is 1.32. The fraction of sp³-hybridized carbons (Fsp3) is 0.222. The van der Waals surface area contributed by atoms with Crippen molar-refractivity contribution in [3.8, 4) is 0 Å². The Morgan fingerprint density at radius 3 is 2.60 bits per heavy atom. The van der Waals surface area contributed by atoms with E-state index in [1.807, 2.05) is 0 Å². The van der Waals surface area contributed by atoms with E-state index in [0.29, 0.717) is 0 Å². The molecule has 0 aliphatic heterocycles. The van der Waals surface area contributed by atoms with Crippen molar-refractivity contribution in [1.82, 2.24) is 0 Å². The maximum absolute atomic E-state index is 3.91. The second-order valence-electron chi connectivity index (χ2n) is 2.32. The van der Waals surface area contributed by atoms with Crippen molar-refractivity contribution in [2.24, 2.45) is 0 Å². The van der Waals surface area contributed by atoms with Crippen molar-refractivity contribution in [3.05, 3.63) is 36.2 Å². The topological polar surface area (TPSA) is 0 Å². The number of rotatable bonds is 1. The third kappa shape index (κ3) is 1.54. The first-order valence-corrected chi connectivity index (χ1v) is 4.43. The molecule has 53 valence electrons. The Kier molecular flexibility index (Phi) is 2.39. The molecule has 0 aliphatic carbocycles. The standard InChI is InChI=1S/C9H11S/c1-7-4-5-8(2)9(6-7)10-3/h4-6H,2H2,1,3H3. The van der Waals surface area contributed by atoms with Crippen molar-refractivity contribution in [3.63, 3.8) is 0 Å². The van der Waals surface area contributed by atoms with Crippen molar-refractivity contribution in [1.29, 1.82) is 0 Å². The van der Waals surface area contributed by atoms with E-state index >= 15 is 0 Å². The summed E-state index contributed by atoms with van der Waals surface area (Å²) in [7, 11) is 0. The average Bonchev–Trinajstić information content (AvgIpc) is 1.94. The van der Waals surface area contributed by atoms with Crippen LogP contribution in [0.25, 0.3) is 0 Å². The van der Waals surface area contributed by atoms with Crippen LogP contribution in [0.1, 0.15) is 11.1 Å². The van der Waals surface area contributed by atoms with Crippen molar-refractivity contribution in [2.75, 3.05) is 6.26 Å². The Morgan fingerprint density at radius 1 is 1.40 bits per heavy atom. The molecule has 1 heteroatoms. The van der Waals surface area contributed by atoms with Gasteiger partial charge in [-0.15, -0.1) is 11.8 Å². The molecule has 0 bridgehead atoms. The first kappa shape index (κ1) is 7.67. The smallest absolute Gasteiger partial charge is 0.0104 e. The third-order valence-electron chi connectivity index (χ3n) is 1.44. The zero-order valence-corrected chi connectivity index (χ0v) is 7.16. The van der Waals surface area contributed by atoms with Crippen LogP contribution >= 0.6 is 11.8 Å². The highest BCUT2D eigenvalue weighted by Crippen LogP contribution is 2.20. The summed E-state index contributed by atoms with van der Waals surface area (Å²) in [6, 6.07) is 6.30. The Morgan fingerprint density at radius 2 is 2.10 bits per heavy atom. The second-order valence-corrected chi connectivity index (χ2v) is 3.16. The van der Waals surface area contributed by atoms with E-state index in [1.54, 1.807) is 11.8 Å². The minimum absolute atomic E-state index is 1.12. The summed E-state index contributed by atoms with van der Waals surface area (Å²) in [6.45, 7) is 6.01. The summed E-state index contributed by atoms with van der Waals surface area (Å²) in [6.07, 6.45) is 2.07. The average molecular weight is 151 g/mol. The highest BCUT2D eigenvalue weighted by Gasteiger charge is 1.94. The summed E-state index contributed by atoms with van der Waals surface area (Å²) in [5.74, 6) is 0.